The van der Waals surface area contributed by atoms with Crippen molar-refractivity contribution in [2.24, 2.45) is 7.05 Å². The first-order valence-electron chi connectivity index (χ1n) is 10.4. The van der Waals surface area contributed by atoms with Gasteiger partial charge in [-0.1, -0.05) is 12.1 Å². The average molecular weight is 391 g/mol. The highest BCUT2D eigenvalue weighted by atomic mass is 16.1. The molecule has 3 aromatic rings. The van der Waals surface area contributed by atoms with E-state index >= 15 is 0 Å². The van der Waals surface area contributed by atoms with E-state index in [2.05, 4.69) is 10.00 Å². The molecule has 0 radical (unpaired) electrons. The van der Waals surface area contributed by atoms with Crippen LogP contribution in [0.2, 0.25) is 0 Å². The molecule has 0 bridgehead atoms. The highest BCUT2D eigenvalue weighted by molar-refractivity contribution is 5.78. The molecule has 5 rings (SSSR count). The molecule has 2 aliphatic rings. The fourth-order valence-electron chi connectivity index (χ4n) is 4.68. The number of aryl methyl sites for hydroxylation is 2. The van der Waals surface area contributed by atoms with Gasteiger partial charge in [0.1, 0.15) is 0 Å². The van der Waals surface area contributed by atoms with Crippen molar-refractivity contribution < 1.29 is 0 Å². The summed E-state index contributed by atoms with van der Waals surface area (Å²) >= 11 is 0. The zero-order valence-corrected chi connectivity index (χ0v) is 16.7. The number of para-hydroxylation sites is 1. The second kappa shape index (κ2) is 7.13. The van der Waals surface area contributed by atoms with Crippen LogP contribution < -0.4 is 16.0 Å². The van der Waals surface area contributed by atoms with E-state index < -0.39 is 0 Å². The molecule has 0 N–H and O–H groups in total. The Bertz CT molecular complexity index is 1200. The van der Waals surface area contributed by atoms with Crippen LogP contribution in [0.1, 0.15) is 36.9 Å². The van der Waals surface area contributed by atoms with Gasteiger partial charge in [-0.05, 0) is 56.2 Å². The molecule has 2 aromatic heterocycles. The number of nitrogens with zero attached hydrogens (tertiary/aromatic N) is 5. The Morgan fingerprint density at radius 1 is 1.10 bits per heavy atom. The molecule has 7 nitrogen and oxygen atoms in total. The maximum absolute atomic E-state index is 12.8. The summed E-state index contributed by atoms with van der Waals surface area (Å²) in [4.78, 5) is 32.4. The van der Waals surface area contributed by atoms with Crippen LogP contribution in [-0.2, 0) is 26.4 Å². The van der Waals surface area contributed by atoms with E-state index in [1.165, 1.54) is 0 Å². The van der Waals surface area contributed by atoms with Crippen LogP contribution in [0.3, 0.4) is 0 Å². The summed E-state index contributed by atoms with van der Waals surface area (Å²) in [6.07, 6.45) is 6.13. The SMILES string of the molecule is Cn1c(N2CCCC2Cn2nc3c(cc2=O)CCCC3)nc2ccccc2c1=O. The summed E-state index contributed by atoms with van der Waals surface area (Å²) in [5, 5.41) is 5.31. The van der Waals surface area contributed by atoms with Gasteiger partial charge in [0.25, 0.3) is 11.1 Å². The summed E-state index contributed by atoms with van der Waals surface area (Å²) in [5.41, 5.74) is 2.81. The summed E-state index contributed by atoms with van der Waals surface area (Å²) in [5.74, 6) is 0.669. The largest absolute Gasteiger partial charge is 0.337 e. The number of anilines is 1. The van der Waals surface area contributed by atoms with Gasteiger partial charge in [0, 0.05) is 19.7 Å². The average Bonchev–Trinajstić information content (AvgIpc) is 3.19. The topological polar surface area (TPSA) is 73.0 Å². The second-order valence-electron chi connectivity index (χ2n) is 8.13. The predicted octanol–water partition coefficient (Wildman–Crippen LogP) is 2.04. The molecule has 1 aromatic carbocycles. The van der Waals surface area contributed by atoms with E-state index in [1.807, 2.05) is 24.3 Å². The van der Waals surface area contributed by atoms with Crippen LogP contribution >= 0.6 is 0 Å². The van der Waals surface area contributed by atoms with Gasteiger partial charge in [0.2, 0.25) is 5.95 Å². The molecule has 1 atom stereocenters. The molecule has 1 unspecified atom stereocenters. The van der Waals surface area contributed by atoms with Gasteiger partial charge in [-0.2, -0.15) is 5.10 Å². The van der Waals surface area contributed by atoms with E-state index in [4.69, 9.17) is 4.98 Å². The molecule has 7 heteroatoms. The van der Waals surface area contributed by atoms with Gasteiger partial charge in [0.15, 0.2) is 0 Å². The molecule has 0 saturated carbocycles. The summed E-state index contributed by atoms with van der Waals surface area (Å²) in [6.45, 7) is 1.35. The van der Waals surface area contributed by atoms with Crippen molar-refractivity contribution in [3.63, 3.8) is 0 Å². The number of rotatable bonds is 3. The van der Waals surface area contributed by atoms with Gasteiger partial charge in [-0.25, -0.2) is 9.67 Å². The fraction of sp³-hybridized carbons (Fsp3) is 0.455. The normalized spacial score (nSPS) is 18.9. The van der Waals surface area contributed by atoms with Crippen molar-refractivity contribution in [2.75, 3.05) is 11.4 Å². The van der Waals surface area contributed by atoms with Gasteiger partial charge in [0.05, 0.1) is 29.2 Å². The number of hydrogen-bond acceptors (Lipinski definition) is 5. The first-order valence-corrected chi connectivity index (χ1v) is 10.4. The third-order valence-corrected chi connectivity index (χ3v) is 6.25. The van der Waals surface area contributed by atoms with E-state index in [9.17, 15) is 9.59 Å². The fourth-order valence-corrected chi connectivity index (χ4v) is 4.68. The Balaban J connectivity index is 1.50. The van der Waals surface area contributed by atoms with E-state index in [-0.39, 0.29) is 17.2 Å². The van der Waals surface area contributed by atoms with E-state index in [0.29, 0.717) is 23.4 Å². The maximum Gasteiger partial charge on any atom is 0.267 e. The molecule has 1 aliphatic heterocycles. The van der Waals surface area contributed by atoms with Crippen molar-refractivity contribution >= 4 is 16.9 Å². The van der Waals surface area contributed by atoms with Gasteiger partial charge in [-0.15, -0.1) is 0 Å². The van der Waals surface area contributed by atoms with Crippen LogP contribution in [0.4, 0.5) is 5.95 Å². The van der Waals surface area contributed by atoms with Crippen LogP contribution in [0.15, 0.2) is 39.9 Å². The Kier molecular flexibility index (Phi) is 4.45. The zero-order valence-electron chi connectivity index (χ0n) is 16.7. The Morgan fingerprint density at radius 2 is 1.93 bits per heavy atom. The van der Waals surface area contributed by atoms with E-state index in [1.54, 1.807) is 22.4 Å². The van der Waals surface area contributed by atoms with Gasteiger partial charge in [-0.3, -0.25) is 14.2 Å². The lowest BCUT2D eigenvalue weighted by Gasteiger charge is -2.28. The lowest BCUT2D eigenvalue weighted by atomic mass is 9.97. The van der Waals surface area contributed by atoms with Crippen molar-refractivity contribution in [3.05, 3.63) is 62.3 Å². The smallest absolute Gasteiger partial charge is 0.267 e. The third kappa shape index (κ3) is 3.14. The standard InChI is InChI=1S/C22H25N5O2/c1-25-21(29)17-9-3-5-11-19(17)23-22(25)26-12-6-8-16(26)14-27-20(28)13-15-7-2-4-10-18(15)24-27/h3,5,9,11,13,16H,2,4,6-8,10,12,14H2,1H3. The Morgan fingerprint density at radius 3 is 2.83 bits per heavy atom. The minimum atomic E-state index is -0.0414. The van der Waals surface area contributed by atoms with Crippen LogP contribution in [-0.4, -0.2) is 31.9 Å². The lowest BCUT2D eigenvalue weighted by molar-refractivity contribution is 0.468. The van der Waals surface area contributed by atoms with Crippen molar-refractivity contribution in [1.29, 1.82) is 0 Å². The molecule has 1 fully saturated rings. The van der Waals surface area contributed by atoms with Gasteiger partial charge < -0.3 is 4.90 Å². The van der Waals surface area contributed by atoms with Crippen molar-refractivity contribution in [1.82, 2.24) is 19.3 Å². The summed E-state index contributed by atoms with van der Waals surface area (Å²) < 4.78 is 3.25. The van der Waals surface area contributed by atoms with Crippen molar-refractivity contribution in [2.45, 2.75) is 51.1 Å². The van der Waals surface area contributed by atoms with Crippen molar-refractivity contribution in [3.8, 4) is 0 Å². The number of benzene rings is 1. The zero-order chi connectivity index (χ0) is 20.0. The monoisotopic (exact) mass is 391 g/mol. The Hall–Kier alpha value is -2.96. The molecule has 29 heavy (non-hydrogen) atoms. The predicted molar refractivity (Wildman–Crippen MR) is 112 cm³/mol. The summed E-state index contributed by atoms with van der Waals surface area (Å²) in [7, 11) is 1.77. The molecule has 1 saturated heterocycles. The second-order valence-corrected chi connectivity index (χ2v) is 8.13. The number of aromatic nitrogens is 4. The molecule has 1 aliphatic carbocycles. The van der Waals surface area contributed by atoms with E-state index in [0.717, 1.165) is 56.3 Å². The molecule has 0 amide bonds. The quantitative estimate of drug-likeness (QED) is 0.683. The van der Waals surface area contributed by atoms with Gasteiger partial charge >= 0.3 is 0 Å². The number of hydrogen-bond donors (Lipinski definition) is 0. The molecule has 3 heterocycles. The molecular formula is C22H25N5O2. The lowest BCUT2D eigenvalue weighted by Crippen LogP contribution is -2.40. The maximum atomic E-state index is 12.8. The number of fused-ring (bicyclic) bond motifs is 2. The molecule has 0 spiro atoms. The van der Waals surface area contributed by atoms with Crippen LogP contribution in [0.5, 0.6) is 0 Å². The highest BCUT2D eigenvalue weighted by Crippen LogP contribution is 2.25. The first-order chi connectivity index (χ1) is 14.1. The highest BCUT2D eigenvalue weighted by Gasteiger charge is 2.29. The minimum absolute atomic E-state index is 0.0298. The molecular weight excluding hydrogens is 366 g/mol. The Labute approximate surface area is 168 Å². The minimum Gasteiger partial charge on any atom is -0.337 e. The molecule has 150 valence electrons. The van der Waals surface area contributed by atoms with Crippen LogP contribution in [0.25, 0.3) is 10.9 Å². The first kappa shape index (κ1) is 18.1. The summed E-state index contributed by atoms with van der Waals surface area (Å²) in [6, 6.07) is 9.31. The third-order valence-electron chi connectivity index (χ3n) is 6.25. The van der Waals surface area contributed by atoms with Crippen LogP contribution in [0, 0.1) is 0 Å².